The van der Waals surface area contributed by atoms with Gasteiger partial charge in [0.25, 0.3) is 5.69 Å². The second kappa shape index (κ2) is 5.76. The van der Waals surface area contributed by atoms with E-state index in [9.17, 15) is 24.8 Å². The number of hydrogen-bond acceptors (Lipinski definition) is 6. The number of aliphatic hydroxyl groups is 1. The molecule has 0 spiro atoms. The number of aliphatic hydroxyl groups excluding tert-OH is 1. The van der Waals surface area contributed by atoms with Crippen molar-refractivity contribution in [2.24, 2.45) is 0 Å². The zero-order chi connectivity index (χ0) is 14.6. The minimum Gasteiger partial charge on any atom is -0.506 e. The summed E-state index contributed by atoms with van der Waals surface area (Å²) >= 11 is 0. The molecule has 0 amide bonds. The molecule has 100 valence electrons. The Morgan fingerprint density at radius 1 is 1.26 bits per heavy atom. The standard InChI is InChI=1S/C12H11NO6/c1-7(14)10(12(16)19-2)11(15)8-3-5-9(6-4-8)13(17)18/h3-6,15H,1-2H3. The van der Waals surface area contributed by atoms with Gasteiger partial charge in [-0.3, -0.25) is 14.9 Å². The van der Waals surface area contributed by atoms with Crippen molar-refractivity contribution in [3.63, 3.8) is 0 Å². The molecule has 0 unspecified atom stereocenters. The fourth-order valence-corrected chi connectivity index (χ4v) is 1.39. The smallest absolute Gasteiger partial charge is 0.345 e. The first-order valence-corrected chi connectivity index (χ1v) is 5.15. The van der Waals surface area contributed by atoms with E-state index in [1.807, 2.05) is 0 Å². The topological polar surface area (TPSA) is 107 Å². The summed E-state index contributed by atoms with van der Waals surface area (Å²) < 4.78 is 4.39. The molecule has 19 heavy (non-hydrogen) atoms. The molecule has 0 atom stereocenters. The van der Waals surface area contributed by atoms with Gasteiger partial charge >= 0.3 is 5.97 Å². The van der Waals surface area contributed by atoms with Crippen LogP contribution in [0.4, 0.5) is 5.69 Å². The lowest BCUT2D eigenvalue weighted by Crippen LogP contribution is -2.14. The van der Waals surface area contributed by atoms with Crippen molar-refractivity contribution in [1.82, 2.24) is 0 Å². The minimum atomic E-state index is -0.969. The predicted molar refractivity (Wildman–Crippen MR) is 65.3 cm³/mol. The Bertz CT molecular complexity index is 558. The third-order valence-corrected chi connectivity index (χ3v) is 2.33. The van der Waals surface area contributed by atoms with Crippen molar-refractivity contribution in [3.8, 4) is 0 Å². The molecule has 1 aromatic rings. The summed E-state index contributed by atoms with van der Waals surface area (Å²) in [5.74, 6) is -2.21. The molecule has 1 rings (SSSR count). The largest absolute Gasteiger partial charge is 0.506 e. The summed E-state index contributed by atoms with van der Waals surface area (Å²) in [6, 6.07) is 4.78. The van der Waals surface area contributed by atoms with Crippen LogP contribution < -0.4 is 0 Å². The van der Waals surface area contributed by atoms with Crippen LogP contribution in [0.15, 0.2) is 29.8 Å². The third kappa shape index (κ3) is 3.15. The van der Waals surface area contributed by atoms with Crippen LogP contribution in [0.1, 0.15) is 12.5 Å². The fourth-order valence-electron chi connectivity index (χ4n) is 1.39. The average molecular weight is 265 g/mol. The summed E-state index contributed by atoms with van der Waals surface area (Å²) in [6.07, 6.45) is 0. The van der Waals surface area contributed by atoms with Crippen molar-refractivity contribution in [2.45, 2.75) is 6.92 Å². The quantitative estimate of drug-likeness (QED) is 0.169. The van der Waals surface area contributed by atoms with Gasteiger partial charge in [0.1, 0.15) is 11.3 Å². The van der Waals surface area contributed by atoms with Gasteiger partial charge < -0.3 is 9.84 Å². The number of nitrogens with zero attached hydrogens (tertiary/aromatic N) is 1. The summed E-state index contributed by atoms with van der Waals surface area (Å²) in [5, 5.41) is 20.4. The molecule has 7 heteroatoms. The first-order valence-electron chi connectivity index (χ1n) is 5.15. The second-order valence-electron chi connectivity index (χ2n) is 3.58. The Morgan fingerprint density at radius 2 is 1.79 bits per heavy atom. The van der Waals surface area contributed by atoms with Crippen LogP contribution in [0.25, 0.3) is 5.76 Å². The van der Waals surface area contributed by atoms with Gasteiger partial charge in [-0.2, -0.15) is 0 Å². The number of Topliss-reactive ketones (excluding diaryl/α,β-unsaturated/α-hetero) is 1. The van der Waals surface area contributed by atoms with Crippen molar-refractivity contribution in [3.05, 3.63) is 45.5 Å². The van der Waals surface area contributed by atoms with Crippen molar-refractivity contribution < 1.29 is 24.4 Å². The molecular weight excluding hydrogens is 254 g/mol. The van der Waals surface area contributed by atoms with E-state index in [0.717, 1.165) is 26.2 Å². The number of ketones is 1. The van der Waals surface area contributed by atoms with E-state index in [0.29, 0.717) is 0 Å². The molecule has 1 aromatic carbocycles. The summed E-state index contributed by atoms with van der Waals surface area (Å²) in [4.78, 5) is 32.6. The number of non-ortho nitro benzene ring substituents is 1. The zero-order valence-electron chi connectivity index (χ0n) is 10.2. The highest BCUT2D eigenvalue weighted by Gasteiger charge is 2.22. The van der Waals surface area contributed by atoms with Gasteiger partial charge in [0.15, 0.2) is 5.78 Å². The molecule has 7 nitrogen and oxygen atoms in total. The molecule has 0 heterocycles. The van der Waals surface area contributed by atoms with E-state index in [-0.39, 0.29) is 11.3 Å². The van der Waals surface area contributed by atoms with Crippen LogP contribution in [0, 0.1) is 10.1 Å². The second-order valence-corrected chi connectivity index (χ2v) is 3.58. The highest BCUT2D eigenvalue weighted by atomic mass is 16.6. The van der Waals surface area contributed by atoms with Gasteiger partial charge in [0, 0.05) is 17.7 Å². The van der Waals surface area contributed by atoms with Gasteiger partial charge in [-0.25, -0.2) is 4.79 Å². The SMILES string of the molecule is COC(=O)C(C(C)=O)=C(O)c1ccc([N+](=O)[O-])cc1. The lowest BCUT2D eigenvalue weighted by atomic mass is 10.1. The molecule has 0 aliphatic carbocycles. The molecule has 0 aromatic heterocycles. The molecule has 0 aliphatic rings. The molecule has 0 aliphatic heterocycles. The van der Waals surface area contributed by atoms with Gasteiger partial charge in [-0.05, 0) is 19.1 Å². The van der Waals surface area contributed by atoms with Gasteiger partial charge in [0.05, 0.1) is 12.0 Å². The summed E-state index contributed by atoms with van der Waals surface area (Å²) in [7, 11) is 1.08. The summed E-state index contributed by atoms with van der Waals surface area (Å²) in [5.41, 5.74) is -0.559. The first-order chi connectivity index (χ1) is 8.88. The number of carbonyl (C=O) groups excluding carboxylic acids is 2. The molecule has 0 bridgehead atoms. The monoisotopic (exact) mass is 265 g/mol. The van der Waals surface area contributed by atoms with Crippen molar-refractivity contribution in [1.29, 1.82) is 0 Å². The van der Waals surface area contributed by atoms with Gasteiger partial charge in [-0.1, -0.05) is 0 Å². The van der Waals surface area contributed by atoms with E-state index < -0.39 is 28.0 Å². The third-order valence-electron chi connectivity index (χ3n) is 2.33. The molecule has 0 saturated heterocycles. The predicted octanol–water partition coefficient (Wildman–Crippen LogP) is 1.63. The Hall–Kier alpha value is -2.70. The van der Waals surface area contributed by atoms with Crippen LogP contribution in [-0.4, -0.2) is 28.9 Å². The van der Waals surface area contributed by atoms with E-state index in [4.69, 9.17) is 0 Å². The highest BCUT2D eigenvalue weighted by Crippen LogP contribution is 2.20. The maximum absolute atomic E-state index is 11.4. The van der Waals surface area contributed by atoms with Crippen molar-refractivity contribution in [2.75, 3.05) is 7.11 Å². The van der Waals surface area contributed by atoms with E-state index in [2.05, 4.69) is 4.74 Å². The molecule has 0 radical (unpaired) electrons. The lowest BCUT2D eigenvalue weighted by molar-refractivity contribution is -0.384. The number of carbonyl (C=O) groups is 2. The molecule has 0 saturated carbocycles. The Morgan fingerprint density at radius 3 is 2.16 bits per heavy atom. The van der Waals surface area contributed by atoms with Gasteiger partial charge in [0.2, 0.25) is 0 Å². The van der Waals surface area contributed by atoms with Crippen LogP contribution >= 0.6 is 0 Å². The maximum atomic E-state index is 11.4. The van der Waals surface area contributed by atoms with Crippen LogP contribution in [0.3, 0.4) is 0 Å². The number of benzene rings is 1. The lowest BCUT2D eigenvalue weighted by Gasteiger charge is -2.06. The zero-order valence-corrected chi connectivity index (χ0v) is 10.2. The first kappa shape index (κ1) is 14.4. The fraction of sp³-hybridized carbons (Fsp3) is 0.167. The molecule has 0 fully saturated rings. The van der Waals surface area contributed by atoms with Crippen LogP contribution in [0.5, 0.6) is 0 Å². The maximum Gasteiger partial charge on any atom is 0.345 e. The molecular formula is C12H11NO6. The summed E-state index contributed by atoms with van der Waals surface area (Å²) in [6.45, 7) is 1.11. The number of rotatable bonds is 4. The normalized spacial score (nSPS) is 11.5. The average Bonchev–Trinajstić information content (AvgIpc) is 2.38. The Balaban J connectivity index is 3.28. The number of esters is 1. The minimum absolute atomic E-state index is 0.112. The number of ether oxygens (including phenoxy) is 1. The van der Waals surface area contributed by atoms with E-state index in [1.54, 1.807) is 0 Å². The van der Waals surface area contributed by atoms with E-state index >= 15 is 0 Å². The number of nitro benzene ring substituents is 1. The Labute approximate surface area is 108 Å². The van der Waals surface area contributed by atoms with Crippen molar-refractivity contribution >= 4 is 23.2 Å². The van der Waals surface area contributed by atoms with Gasteiger partial charge in [-0.15, -0.1) is 0 Å². The number of hydrogen-bond donors (Lipinski definition) is 1. The number of nitro groups is 1. The number of methoxy groups -OCH3 is 1. The van der Waals surface area contributed by atoms with Crippen LogP contribution in [-0.2, 0) is 14.3 Å². The Kier molecular flexibility index (Phi) is 4.36. The van der Waals surface area contributed by atoms with Crippen LogP contribution in [0.2, 0.25) is 0 Å². The molecule has 1 N–H and O–H groups in total. The van der Waals surface area contributed by atoms with E-state index in [1.165, 1.54) is 12.1 Å². The highest BCUT2D eigenvalue weighted by molar-refractivity contribution is 6.21.